The van der Waals surface area contributed by atoms with Crippen molar-refractivity contribution in [3.8, 4) is 0 Å². The van der Waals surface area contributed by atoms with Crippen LogP contribution in [0.15, 0.2) is 18.2 Å². The normalized spacial score (nSPS) is 9.69. The first-order valence-corrected chi connectivity index (χ1v) is 4.49. The first-order chi connectivity index (χ1) is 6.25. The average molecular weight is 177 g/mol. The Morgan fingerprint density at radius 2 is 2.15 bits per heavy atom. The quantitative estimate of drug-likeness (QED) is 0.564. The first kappa shape index (κ1) is 9.78. The summed E-state index contributed by atoms with van der Waals surface area (Å²) in [7, 11) is 0. The number of anilines is 1. The summed E-state index contributed by atoms with van der Waals surface area (Å²) in [6.45, 7) is 4.88. The third-order valence-corrected chi connectivity index (χ3v) is 2.18. The van der Waals surface area contributed by atoms with E-state index in [1.54, 1.807) is 0 Å². The summed E-state index contributed by atoms with van der Waals surface area (Å²) < 4.78 is 0. The Labute approximate surface area is 79.0 Å². The second-order valence-corrected chi connectivity index (χ2v) is 3.13. The van der Waals surface area contributed by atoms with Crippen molar-refractivity contribution in [3.63, 3.8) is 0 Å². The molecule has 0 spiro atoms. The number of carbonyl (C=O) groups is 1. The van der Waals surface area contributed by atoms with Crippen LogP contribution in [0.25, 0.3) is 0 Å². The Hall–Kier alpha value is -1.31. The van der Waals surface area contributed by atoms with Crippen LogP contribution in [-0.2, 0) is 4.79 Å². The lowest BCUT2D eigenvalue weighted by Gasteiger charge is -2.09. The van der Waals surface area contributed by atoms with Crippen molar-refractivity contribution in [1.82, 2.24) is 0 Å². The van der Waals surface area contributed by atoms with Crippen molar-refractivity contribution in [2.45, 2.75) is 20.3 Å². The highest BCUT2D eigenvalue weighted by Gasteiger charge is 1.98. The number of rotatable bonds is 4. The van der Waals surface area contributed by atoms with Crippen LogP contribution in [0.4, 0.5) is 5.69 Å². The minimum atomic E-state index is 0.563. The maximum Gasteiger partial charge on any atom is 0.121 e. The van der Waals surface area contributed by atoms with Gasteiger partial charge < -0.3 is 10.1 Å². The zero-order valence-corrected chi connectivity index (χ0v) is 8.13. The van der Waals surface area contributed by atoms with Crippen LogP contribution in [0.3, 0.4) is 0 Å². The Morgan fingerprint density at radius 3 is 2.85 bits per heavy atom. The minimum Gasteiger partial charge on any atom is -0.384 e. The molecular weight excluding hydrogens is 162 g/mol. The smallest absolute Gasteiger partial charge is 0.121 e. The highest BCUT2D eigenvalue weighted by atomic mass is 16.1. The van der Waals surface area contributed by atoms with E-state index in [-0.39, 0.29) is 0 Å². The molecule has 70 valence electrons. The Morgan fingerprint density at radius 1 is 1.38 bits per heavy atom. The fourth-order valence-corrected chi connectivity index (χ4v) is 1.21. The van der Waals surface area contributed by atoms with Gasteiger partial charge in [0.1, 0.15) is 6.29 Å². The van der Waals surface area contributed by atoms with Gasteiger partial charge in [0.2, 0.25) is 0 Å². The van der Waals surface area contributed by atoms with E-state index in [4.69, 9.17) is 0 Å². The molecule has 0 aliphatic carbocycles. The van der Waals surface area contributed by atoms with Crippen molar-refractivity contribution in [2.75, 3.05) is 11.9 Å². The first-order valence-electron chi connectivity index (χ1n) is 4.49. The van der Waals surface area contributed by atoms with Crippen LogP contribution in [0.1, 0.15) is 17.5 Å². The van der Waals surface area contributed by atoms with E-state index in [1.807, 2.05) is 12.1 Å². The van der Waals surface area contributed by atoms with Gasteiger partial charge in [0.25, 0.3) is 0 Å². The van der Waals surface area contributed by atoms with Crippen LogP contribution in [0, 0.1) is 13.8 Å². The zero-order valence-electron chi connectivity index (χ0n) is 8.13. The van der Waals surface area contributed by atoms with Crippen molar-refractivity contribution in [2.24, 2.45) is 0 Å². The second-order valence-electron chi connectivity index (χ2n) is 3.13. The van der Waals surface area contributed by atoms with E-state index in [9.17, 15) is 4.79 Å². The molecule has 0 amide bonds. The summed E-state index contributed by atoms with van der Waals surface area (Å²) in [6.07, 6.45) is 1.49. The Kier molecular flexibility index (Phi) is 3.50. The molecule has 1 rings (SSSR count). The predicted octanol–water partition coefficient (Wildman–Crippen LogP) is 2.30. The van der Waals surface area contributed by atoms with E-state index in [2.05, 4.69) is 25.2 Å². The SMILES string of the molecule is Cc1cccc(NCCC=O)c1C. The molecule has 0 bridgehead atoms. The van der Waals surface area contributed by atoms with Crippen LogP contribution in [0.5, 0.6) is 0 Å². The standard InChI is InChI=1S/C11H15NO/c1-9-5-3-6-11(10(9)2)12-7-4-8-13/h3,5-6,8,12H,4,7H2,1-2H3. The minimum absolute atomic E-state index is 0.563. The number of benzene rings is 1. The predicted molar refractivity (Wildman–Crippen MR) is 55.1 cm³/mol. The Balaban J connectivity index is 2.65. The molecule has 1 N–H and O–H groups in total. The molecule has 13 heavy (non-hydrogen) atoms. The van der Waals surface area contributed by atoms with E-state index in [0.717, 1.165) is 12.0 Å². The van der Waals surface area contributed by atoms with Crippen molar-refractivity contribution >= 4 is 12.0 Å². The van der Waals surface area contributed by atoms with Crippen molar-refractivity contribution in [1.29, 1.82) is 0 Å². The molecule has 0 unspecified atom stereocenters. The molecule has 0 fully saturated rings. The molecule has 0 aromatic heterocycles. The van der Waals surface area contributed by atoms with Crippen molar-refractivity contribution in [3.05, 3.63) is 29.3 Å². The molecule has 1 aromatic carbocycles. The molecular formula is C11H15NO. The van der Waals surface area contributed by atoms with Gasteiger partial charge in [-0.1, -0.05) is 12.1 Å². The van der Waals surface area contributed by atoms with Gasteiger partial charge in [-0.3, -0.25) is 0 Å². The van der Waals surface area contributed by atoms with Gasteiger partial charge in [-0.05, 0) is 31.0 Å². The van der Waals surface area contributed by atoms with Gasteiger partial charge in [0, 0.05) is 18.7 Å². The summed E-state index contributed by atoms with van der Waals surface area (Å²) >= 11 is 0. The molecule has 0 aliphatic heterocycles. The molecule has 0 atom stereocenters. The molecule has 0 saturated heterocycles. The van der Waals surface area contributed by atoms with E-state index < -0.39 is 0 Å². The highest BCUT2D eigenvalue weighted by Crippen LogP contribution is 2.17. The summed E-state index contributed by atoms with van der Waals surface area (Å²) in [4.78, 5) is 10.1. The van der Waals surface area contributed by atoms with E-state index in [0.29, 0.717) is 13.0 Å². The lowest BCUT2D eigenvalue weighted by Crippen LogP contribution is -2.03. The molecule has 0 heterocycles. The van der Waals surface area contributed by atoms with E-state index >= 15 is 0 Å². The van der Waals surface area contributed by atoms with Gasteiger partial charge in [0.15, 0.2) is 0 Å². The maximum absolute atomic E-state index is 10.1. The Bertz CT molecular complexity index is 294. The fraction of sp³-hybridized carbons (Fsp3) is 0.364. The topological polar surface area (TPSA) is 29.1 Å². The summed E-state index contributed by atoms with van der Waals surface area (Å²) in [5.74, 6) is 0. The van der Waals surface area contributed by atoms with Crippen molar-refractivity contribution < 1.29 is 4.79 Å². The lowest BCUT2D eigenvalue weighted by atomic mass is 10.1. The summed E-state index contributed by atoms with van der Waals surface area (Å²) in [6, 6.07) is 6.14. The van der Waals surface area contributed by atoms with Gasteiger partial charge in [-0.15, -0.1) is 0 Å². The van der Waals surface area contributed by atoms with Crippen LogP contribution in [0.2, 0.25) is 0 Å². The number of hydrogen-bond acceptors (Lipinski definition) is 2. The number of hydrogen-bond donors (Lipinski definition) is 1. The van der Waals surface area contributed by atoms with Crippen LogP contribution < -0.4 is 5.32 Å². The number of carbonyl (C=O) groups excluding carboxylic acids is 1. The molecule has 2 heteroatoms. The highest BCUT2D eigenvalue weighted by molar-refractivity contribution is 5.55. The van der Waals surface area contributed by atoms with Gasteiger partial charge in [-0.2, -0.15) is 0 Å². The fourth-order valence-electron chi connectivity index (χ4n) is 1.21. The maximum atomic E-state index is 10.1. The largest absolute Gasteiger partial charge is 0.384 e. The van der Waals surface area contributed by atoms with Gasteiger partial charge in [-0.25, -0.2) is 0 Å². The number of aldehydes is 1. The lowest BCUT2D eigenvalue weighted by molar-refractivity contribution is -0.107. The molecule has 0 aliphatic rings. The van der Waals surface area contributed by atoms with Crippen LogP contribution >= 0.6 is 0 Å². The molecule has 0 saturated carbocycles. The molecule has 1 aromatic rings. The third kappa shape index (κ3) is 2.58. The zero-order chi connectivity index (χ0) is 9.68. The second kappa shape index (κ2) is 4.65. The average Bonchev–Trinajstić information content (AvgIpc) is 2.13. The van der Waals surface area contributed by atoms with Crippen LogP contribution in [-0.4, -0.2) is 12.8 Å². The van der Waals surface area contributed by atoms with Gasteiger partial charge in [0.05, 0.1) is 0 Å². The van der Waals surface area contributed by atoms with E-state index in [1.165, 1.54) is 11.1 Å². The number of nitrogens with one attached hydrogen (secondary N) is 1. The number of aryl methyl sites for hydroxylation is 1. The molecule has 2 nitrogen and oxygen atoms in total. The monoisotopic (exact) mass is 177 g/mol. The molecule has 0 radical (unpaired) electrons. The summed E-state index contributed by atoms with van der Waals surface area (Å²) in [5.41, 5.74) is 3.66. The summed E-state index contributed by atoms with van der Waals surface area (Å²) in [5, 5.41) is 3.22. The third-order valence-electron chi connectivity index (χ3n) is 2.18. The van der Waals surface area contributed by atoms with Gasteiger partial charge >= 0.3 is 0 Å².